The zero-order valence-corrected chi connectivity index (χ0v) is 13.4. The molecule has 16 heavy (non-hydrogen) atoms. The van der Waals surface area contributed by atoms with E-state index in [0.29, 0.717) is 0 Å². The van der Waals surface area contributed by atoms with Gasteiger partial charge in [0.1, 0.15) is 0 Å². The molecule has 2 rings (SSSR count). The van der Waals surface area contributed by atoms with Gasteiger partial charge in [-0.05, 0) is 25.7 Å². The van der Waals surface area contributed by atoms with Gasteiger partial charge in [-0.1, -0.05) is 38.5 Å². The molecule has 0 unspecified atom stereocenters. The molecule has 0 aromatic rings. The van der Waals surface area contributed by atoms with Crippen molar-refractivity contribution in [2.75, 3.05) is 0 Å². The first-order valence-corrected chi connectivity index (χ1v) is 8.10. The van der Waals surface area contributed by atoms with E-state index in [0.717, 1.165) is 0 Å². The zero-order valence-electron chi connectivity index (χ0n) is 9.86. The molecule has 0 amide bonds. The van der Waals surface area contributed by atoms with Gasteiger partial charge < -0.3 is 0 Å². The minimum absolute atomic E-state index is 0.0521. The molecule has 2 saturated carbocycles. The van der Waals surface area contributed by atoms with Crippen LogP contribution in [0.2, 0.25) is 0 Å². The first kappa shape index (κ1) is 15.5. The van der Waals surface area contributed by atoms with E-state index >= 15 is 0 Å². The molecule has 0 saturated heterocycles. The highest BCUT2D eigenvalue weighted by Gasteiger charge is 2.24. The number of hydrogen-bond donors (Lipinski definition) is 4. The maximum absolute atomic E-state index is 4.45. The second-order valence-electron chi connectivity index (χ2n) is 5.09. The lowest BCUT2D eigenvalue weighted by molar-refractivity contribution is 0.684. The molecule has 0 heterocycles. The Morgan fingerprint density at radius 1 is 0.438 bits per heavy atom. The van der Waals surface area contributed by atoms with Gasteiger partial charge >= 0.3 is 0 Å². The molecule has 0 bridgehead atoms. The van der Waals surface area contributed by atoms with Crippen molar-refractivity contribution in [1.29, 1.82) is 0 Å². The van der Waals surface area contributed by atoms with Crippen molar-refractivity contribution < 1.29 is 0 Å². The van der Waals surface area contributed by atoms with E-state index in [2.05, 4.69) is 50.5 Å². The van der Waals surface area contributed by atoms with Gasteiger partial charge in [0.2, 0.25) is 0 Å². The molecule has 0 nitrogen and oxygen atoms in total. The van der Waals surface area contributed by atoms with E-state index < -0.39 is 0 Å². The summed E-state index contributed by atoms with van der Waals surface area (Å²) in [6.45, 7) is 0. The second kappa shape index (κ2) is 7.10. The quantitative estimate of drug-likeness (QED) is 0.269. The molecule has 2 aliphatic carbocycles. The van der Waals surface area contributed by atoms with Crippen LogP contribution in [0, 0.1) is 0 Å². The molecule has 4 heteroatoms. The Kier molecular flexibility index (Phi) is 6.86. The van der Waals surface area contributed by atoms with Gasteiger partial charge in [-0.25, -0.2) is 0 Å². The Bertz CT molecular complexity index is 183. The Labute approximate surface area is 122 Å². The lowest BCUT2D eigenvalue weighted by Gasteiger charge is -2.18. The van der Waals surface area contributed by atoms with Gasteiger partial charge in [0.15, 0.2) is 0 Å². The van der Waals surface area contributed by atoms with Crippen molar-refractivity contribution in [3.8, 4) is 0 Å². The average Bonchev–Trinajstić information content (AvgIpc) is 2.45. The van der Waals surface area contributed by atoms with Crippen molar-refractivity contribution >= 4 is 50.5 Å². The maximum atomic E-state index is 4.45. The van der Waals surface area contributed by atoms with E-state index in [1.54, 1.807) is 0 Å². The topological polar surface area (TPSA) is 0 Å². The summed E-state index contributed by atoms with van der Waals surface area (Å²) in [4.78, 5) is 0. The number of thiol groups is 4. The fraction of sp³-hybridized carbons (Fsp3) is 1.00. The highest BCUT2D eigenvalue weighted by Crippen LogP contribution is 2.38. The van der Waals surface area contributed by atoms with Crippen LogP contribution in [0.1, 0.15) is 64.2 Å². The Balaban J connectivity index is 0.000000165. The standard InChI is InChI=1S/C7H14S2.C5H10S2/c8-7(9)5-3-1-2-4-6-7;6-5(7)3-1-2-4-5/h8-9H,1-6H2;6-7H,1-4H2. The normalized spacial score (nSPS) is 27.8. The molecule has 0 atom stereocenters. The largest absolute Gasteiger partial charge is 0.162 e. The van der Waals surface area contributed by atoms with Gasteiger partial charge in [-0.2, -0.15) is 50.5 Å². The van der Waals surface area contributed by atoms with Gasteiger partial charge in [0, 0.05) is 0 Å². The third kappa shape index (κ3) is 6.97. The maximum Gasteiger partial charge on any atom is 0.0552 e. The summed E-state index contributed by atoms with van der Waals surface area (Å²) in [5.74, 6) is 0. The molecule has 0 spiro atoms. The highest BCUT2D eigenvalue weighted by atomic mass is 32.2. The van der Waals surface area contributed by atoms with Gasteiger partial charge in [0.05, 0.1) is 8.16 Å². The second-order valence-corrected chi connectivity index (χ2v) is 9.22. The molecule has 0 aromatic heterocycles. The van der Waals surface area contributed by atoms with Crippen LogP contribution < -0.4 is 0 Å². The Morgan fingerprint density at radius 2 is 0.688 bits per heavy atom. The lowest BCUT2D eigenvalue weighted by atomic mass is 10.2. The predicted molar refractivity (Wildman–Crippen MR) is 87.6 cm³/mol. The van der Waals surface area contributed by atoms with Gasteiger partial charge in [-0.15, -0.1) is 0 Å². The molecule has 2 aliphatic rings. The Hall–Kier alpha value is 1.40. The summed E-state index contributed by atoms with van der Waals surface area (Å²) in [6, 6.07) is 0. The molecule has 2 fully saturated rings. The molecule has 0 aliphatic heterocycles. The van der Waals surface area contributed by atoms with Crippen LogP contribution in [-0.4, -0.2) is 8.16 Å². The Morgan fingerprint density at radius 3 is 0.938 bits per heavy atom. The SMILES string of the molecule is SC1(S)CCCC1.SC1(S)CCCCCC1. The summed E-state index contributed by atoms with van der Waals surface area (Å²) in [7, 11) is 0. The van der Waals surface area contributed by atoms with Gasteiger partial charge in [-0.3, -0.25) is 0 Å². The molecule has 0 aromatic carbocycles. The number of hydrogen-bond acceptors (Lipinski definition) is 4. The lowest BCUT2D eigenvalue weighted by Crippen LogP contribution is -2.09. The summed E-state index contributed by atoms with van der Waals surface area (Å²) < 4.78 is 0.135. The third-order valence-electron chi connectivity index (χ3n) is 3.31. The van der Waals surface area contributed by atoms with Crippen LogP contribution in [0.25, 0.3) is 0 Å². The van der Waals surface area contributed by atoms with E-state index in [4.69, 9.17) is 0 Å². The van der Waals surface area contributed by atoms with Crippen molar-refractivity contribution in [3.63, 3.8) is 0 Å². The van der Waals surface area contributed by atoms with E-state index in [-0.39, 0.29) is 8.16 Å². The van der Waals surface area contributed by atoms with Crippen molar-refractivity contribution in [1.82, 2.24) is 0 Å². The van der Waals surface area contributed by atoms with E-state index in [1.807, 2.05) is 0 Å². The van der Waals surface area contributed by atoms with Crippen LogP contribution in [0.4, 0.5) is 0 Å². The van der Waals surface area contributed by atoms with E-state index in [1.165, 1.54) is 64.2 Å². The molecule has 0 N–H and O–H groups in total. The number of rotatable bonds is 0. The first-order chi connectivity index (χ1) is 7.41. The van der Waals surface area contributed by atoms with E-state index in [9.17, 15) is 0 Å². The van der Waals surface area contributed by atoms with Crippen LogP contribution in [0.5, 0.6) is 0 Å². The minimum atomic E-state index is 0.0521. The summed E-state index contributed by atoms with van der Waals surface area (Å²) in [5, 5.41) is 0. The van der Waals surface area contributed by atoms with Crippen LogP contribution in [-0.2, 0) is 0 Å². The fourth-order valence-electron chi connectivity index (χ4n) is 2.24. The average molecular weight is 297 g/mol. The summed E-state index contributed by atoms with van der Waals surface area (Å²) in [6.07, 6.45) is 12.7. The molecule has 0 radical (unpaired) electrons. The van der Waals surface area contributed by atoms with Crippen molar-refractivity contribution in [3.05, 3.63) is 0 Å². The minimum Gasteiger partial charge on any atom is -0.162 e. The van der Waals surface area contributed by atoms with Crippen molar-refractivity contribution in [2.45, 2.75) is 72.4 Å². The van der Waals surface area contributed by atoms with Crippen LogP contribution in [0.3, 0.4) is 0 Å². The third-order valence-corrected chi connectivity index (χ3v) is 5.10. The fourth-order valence-corrected chi connectivity index (χ4v) is 3.50. The zero-order chi connectivity index (χ0) is 12.1. The summed E-state index contributed by atoms with van der Waals surface area (Å²) in [5.41, 5.74) is 0. The van der Waals surface area contributed by atoms with Crippen molar-refractivity contribution in [2.24, 2.45) is 0 Å². The monoisotopic (exact) mass is 296 g/mol. The first-order valence-electron chi connectivity index (χ1n) is 6.31. The molecular formula is C12H24S4. The highest BCUT2D eigenvalue weighted by molar-refractivity contribution is 8.00. The molecular weight excluding hydrogens is 272 g/mol. The van der Waals surface area contributed by atoms with Crippen LogP contribution in [0.15, 0.2) is 0 Å². The molecule has 96 valence electrons. The summed E-state index contributed by atoms with van der Waals surface area (Å²) >= 11 is 17.5. The van der Waals surface area contributed by atoms with Gasteiger partial charge in [0.25, 0.3) is 0 Å². The smallest absolute Gasteiger partial charge is 0.0552 e. The predicted octanol–water partition coefficient (Wildman–Crippen LogP) is 5.01. The van der Waals surface area contributed by atoms with Crippen LogP contribution >= 0.6 is 50.5 Å².